The minimum absolute atomic E-state index is 0.687. The molecule has 0 aliphatic rings. The summed E-state index contributed by atoms with van der Waals surface area (Å²) in [5.74, 6) is 1.46. The fraction of sp³-hybridized carbons (Fsp3) is 0.562. The van der Waals surface area contributed by atoms with Crippen molar-refractivity contribution in [2.45, 2.75) is 26.8 Å². The van der Waals surface area contributed by atoms with Gasteiger partial charge < -0.3 is 15.4 Å². The van der Waals surface area contributed by atoms with Crippen molar-refractivity contribution in [3.05, 3.63) is 34.9 Å². The van der Waals surface area contributed by atoms with Crippen LogP contribution in [-0.2, 0) is 11.3 Å². The molecule has 4 nitrogen and oxygen atoms in total. The minimum atomic E-state index is 0.687. The summed E-state index contributed by atoms with van der Waals surface area (Å²) >= 11 is 5.86. The van der Waals surface area contributed by atoms with Gasteiger partial charge in [0.25, 0.3) is 0 Å². The molecular weight excluding hydrogens is 286 g/mol. The van der Waals surface area contributed by atoms with Crippen molar-refractivity contribution >= 4 is 17.6 Å². The van der Waals surface area contributed by atoms with Gasteiger partial charge in [-0.05, 0) is 30.0 Å². The lowest BCUT2D eigenvalue weighted by Gasteiger charge is -2.12. The van der Waals surface area contributed by atoms with Gasteiger partial charge in [0, 0.05) is 31.8 Å². The van der Waals surface area contributed by atoms with Crippen LogP contribution in [0.25, 0.3) is 0 Å². The molecule has 21 heavy (non-hydrogen) atoms. The van der Waals surface area contributed by atoms with E-state index in [0.29, 0.717) is 19.1 Å². The third-order valence-corrected chi connectivity index (χ3v) is 3.23. The molecule has 0 atom stereocenters. The average Bonchev–Trinajstić information content (AvgIpc) is 2.47. The summed E-state index contributed by atoms with van der Waals surface area (Å²) in [6, 6.07) is 7.77. The normalized spacial score (nSPS) is 11.8. The number of nitrogens with one attached hydrogen (secondary N) is 2. The van der Waals surface area contributed by atoms with E-state index in [2.05, 4.69) is 29.5 Å². The van der Waals surface area contributed by atoms with Crippen LogP contribution in [-0.4, -0.2) is 32.8 Å². The Morgan fingerprint density at radius 1 is 1.19 bits per heavy atom. The van der Waals surface area contributed by atoms with E-state index in [1.807, 2.05) is 24.3 Å². The molecule has 0 radical (unpaired) electrons. The van der Waals surface area contributed by atoms with Crippen LogP contribution in [0.1, 0.15) is 25.8 Å². The SMILES string of the molecule is CN=C(NCCOCCC(C)C)NCc1ccc(Cl)cc1. The molecule has 0 heterocycles. The topological polar surface area (TPSA) is 45.7 Å². The summed E-state index contributed by atoms with van der Waals surface area (Å²) in [7, 11) is 1.76. The standard InChI is InChI=1S/C16H26ClN3O/c1-13(2)8-10-21-11-9-19-16(18-3)20-12-14-4-6-15(17)7-5-14/h4-7,13H,8-12H2,1-3H3,(H2,18,19,20). The lowest BCUT2D eigenvalue weighted by molar-refractivity contribution is 0.128. The summed E-state index contributed by atoms with van der Waals surface area (Å²) < 4.78 is 5.56. The summed E-state index contributed by atoms with van der Waals surface area (Å²) in [6.07, 6.45) is 1.10. The first-order chi connectivity index (χ1) is 10.1. The molecule has 0 unspecified atom stereocenters. The molecule has 0 amide bonds. The molecular formula is C16H26ClN3O. The number of hydrogen-bond donors (Lipinski definition) is 2. The van der Waals surface area contributed by atoms with Crippen LogP contribution < -0.4 is 10.6 Å². The molecule has 2 N–H and O–H groups in total. The largest absolute Gasteiger partial charge is 0.380 e. The van der Waals surface area contributed by atoms with E-state index in [1.54, 1.807) is 7.05 Å². The number of hydrogen-bond acceptors (Lipinski definition) is 2. The van der Waals surface area contributed by atoms with Gasteiger partial charge in [0.15, 0.2) is 5.96 Å². The molecule has 0 aromatic heterocycles. The van der Waals surface area contributed by atoms with Crippen LogP contribution in [0.2, 0.25) is 5.02 Å². The van der Waals surface area contributed by atoms with Gasteiger partial charge in [0.2, 0.25) is 0 Å². The predicted molar refractivity (Wildman–Crippen MR) is 89.9 cm³/mol. The highest BCUT2D eigenvalue weighted by molar-refractivity contribution is 6.30. The van der Waals surface area contributed by atoms with Crippen LogP contribution in [0.3, 0.4) is 0 Å². The van der Waals surface area contributed by atoms with E-state index >= 15 is 0 Å². The van der Waals surface area contributed by atoms with E-state index in [-0.39, 0.29) is 0 Å². The number of nitrogens with zero attached hydrogens (tertiary/aromatic N) is 1. The smallest absolute Gasteiger partial charge is 0.191 e. The quantitative estimate of drug-likeness (QED) is 0.440. The number of ether oxygens (including phenoxy) is 1. The van der Waals surface area contributed by atoms with Crippen molar-refractivity contribution in [3.63, 3.8) is 0 Å². The molecule has 0 fully saturated rings. The first-order valence-corrected chi connectivity index (χ1v) is 7.76. The highest BCUT2D eigenvalue weighted by Crippen LogP contribution is 2.08. The number of benzene rings is 1. The molecule has 0 saturated carbocycles. The lowest BCUT2D eigenvalue weighted by atomic mass is 10.1. The van der Waals surface area contributed by atoms with Gasteiger partial charge in [-0.2, -0.15) is 0 Å². The first kappa shape index (κ1) is 17.8. The van der Waals surface area contributed by atoms with E-state index < -0.39 is 0 Å². The van der Waals surface area contributed by atoms with Crippen molar-refractivity contribution in [2.24, 2.45) is 10.9 Å². The Morgan fingerprint density at radius 2 is 1.90 bits per heavy atom. The van der Waals surface area contributed by atoms with Crippen molar-refractivity contribution in [2.75, 3.05) is 26.8 Å². The lowest BCUT2D eigenvalue weighted by Crippen LogP contribution is -2.38. The fourth-order valence-electron chi connectivity index (χ4n) is 1.67. The number of guanidine groups is 1. The van der Waals surface area contributed by atoms with E-state index in [0.717, 1.165) is 36.1 Å². The number of aliphatic imine (C=N–C) groups is 1. The van der Waals surface area contributed by atoms with Gasteiger partial charge >= 0.3 is 0 Å². The molecule has 0 bridgehead atoms. The Balaban J connectivity index is 2.16. The van der Waals surface area contributed by atoms with Crippen LogP contribution in [0.4, 0.5) is 0 Å². The van der Waals surface area contributed by atoms with Gasteiger partial charge in [-0.25, -0.2) is 0 Å². The summed E-state index contributed by atoms with van der Waals surface area (Å²) in [5, 5.41) is 7.23. The van der Waals surface area contributed by atoms with Gasteiger partial charge in [0.05, 0.1) is 6.61 Å². The van der Waals surface area contributed by atoms with E-state index in [4.69, 9.17) is 16.3 Å². The van der Waals surface area contributed by atoms with Crippen LogP contribution in [0.5, 0.6) is 0 Å². The van der Waals surface area contributed by atoms with Crippen LogP contribution in [0.15, 0.2) is 29.3 Å². The third-order valence-electron chi connectivity index (χ3n) is 2.98. The van der Waals surface area contributed by atoms with Crippen molar-refractivity contribution < 1.29 is 4.74 Å². The molecule has 0 spiro atoms. The Bertz CT molecular complexity index is 418. The molecule has 0 saturated heterocycles. The Labute approximate surface area is 132 Å². The maximum Gasteiger partial charge on any atom is 0.191 e. The zero-order valence-electron chi connectivity index (χ0n) is 13.2. The third kappa shape index (κ3) is 8.58. The summed E-state index contributed by atoms with van der Waals surface area (Å²) in [4.78, 5) is 4.18. The second-order valence-electron chi connectivity index (χ2n) is 5.27. The highest BCUT2D eigenvalue weighted by Gasteiger charge is 1.99. The Morgan fingerprint density at radius 3 is 2.52 bits per heavy atom. The molecule has 1 rings (SSSR count). The molecule has 0 aliphatic heterocycles. The molecule has 1 aromatic rings. The van der Waals surface area contributed by atoms with Crippen LogP contribution in [0, 0.1) is 5.92 Å². The van der Waals surface area contributed by atoms with Crippen molar-refractivity contribution in [1.29, 1.82) is 0 Å². The second kappa shape index (κ2) is 10.5. The molecule has 118 valence electrons. The summed E-state index contributed by atoms with van der Waals surface area (Å²) in [6.45, 7) is 7.36. The maximum absolute atomic E-state index is 5.86. The predicted octanol–water partition coefficient (Wildman–Crippen LogP) is 3.07. The number of rotatable bonds is 8. The van der Waals surface area contributed by atoms with Gasteiger partial charge in [0.1, 0.15) is 0 Å². The monoisotopic (exact) mass is 311 g/mol. The summed E-state index contributed by atoms with van der Waals surface area (Å²) in [5.41, 5.74) is 1.16. The van der Waals surface area contributed by atoms with Gasteiger partial charge in [-0.3, -0.25) is 4.99 Å². The average molecular weight is 312 g/mol. The van der Waals surface area contributed by atoms with E-state index in [1.165, 1.54) is 0 Å². The molecule has 5 heteroatoms. The molecule has 0 aliphatic carbocycles. The zero-order chi connectivity index (χ0) is 15.5. The van der Waals surface area contributed by atoms with Crippen molar-refractivity contribution in [1.82, 2.24) is 10.6 Å². The first-order valence-electron chi connectivity index (χ1n) is 7.38. The fourth-order valence-corrected chi connectivity index (χ4v) is 1.80. The molecule has 1 aromatic carbocycles. The number of halogens is 1. The van der Waals surface area contributed by atoms with Crippen LogP contribution >= 0.6 is 11.6 Å². The minimum Gasteiger partial charge on any atom is -0.380 e. The zero-order valence-corrected chi connectivity index (χ0v) is 13.9. The second-order valence-corrected chi connectivity index (χ2v) is 5.71. The highest BCUT2D eigenvalue weighted by atomic mass is 35.5. The van der Waals surface area contributed by atoms with Gasteiger partial charge in [-0.1, -0.05) is 37.6 Å². The van der Waals surface area contributed by atoms with E-state index in [9.17, 15) is 0 Å². The Kier molecular flexibility index (Phi) is 8.87. The van der Waals surface area contributed by atoms with Gasteiger partial charge in [-0.15, -0.1) is 0 Å². The Hall–Kier alpha value is -1.26. The van der Waals surface area contributed by atoms with Crippen molar-refractivity contribution in [3.8, 4) is 0 Å². The maximum atomic E-state index is 5.86.